The number of piperazine rings is 1. The Hall–Kier alpha value is -3.05. The second-order valence-corrected chi connectivity index (χ2v) is 14.8. The van der Waals surface area contributed by atoms with Crippen LogP contribution in [0.25, 0.3) is 0 Å². The van der Waals surface area contributed by atoms with Crippen LogP contribution in [0.15, 0.2) is 72.8 Å². The van der Waals surface area contributed by atoms with Crippen molar-refractivity contribution >= 4 is 17.1 Å². The van der Waals surface area contributed by atoms with Crippen molar-refractivity contribution in [3.05, 3.63) is 89.7 Å². The molecule has 6 rings (SSSR count). The largest absolute Gasteiger partial charge is 0.369 e. The summed E-state index contributed by atoms with van der Waals surface area (Å²) in [7, 11) is 0. The second kappa shape index (κ2) is 13.9. The molecule has 0 N–H and O–H groups in total. The fourth-order valence-corrected chi connectivity index (χ4v) is 6.85. The molecule has 3 heterocycles. The number of hydrogen-bond donors (Lipinski definition) is 0. The zero-order valence-electron chi connectivity index (χ0n) is 29.1. The predicted molar refractivity (Wildman–Crippen MR) is 189 cm³/mol. The summed E-state index contributed by atoms with van der Waals surface area (Å²) >= 11 is 0. The summed E-state index contributed by atoms with van der Waals surface area (Å²) in [5.74, 6) is -0.132. The van der Waals surface area contributed by atoms with Crippen LogP contribution < -0.4 is 14.7 Å². The lowest BCUT2D eigenvalue weighted by atomic mass is 9.87. The first-order valence-corrected chi connectivity index (χ1v) is 16.7. The Labute approximate surface area is 267 Å². The van der Waals surface area contributed by atoms with Crippen LogP contribution in [0.1, 0.15) is 80.4 Å². The smallest absolute Gasteiger partial charge is 0.123 e. The Kier molecular flexibility index (Phi) is 10.7. The summed E-state index contributed by atoms with van der Waals surface area (Å²) in [5.41, 5.74) is 6.97. The van der Waals surface area contributed by atoms with Crippen molar-refractivity contribution in [2.45, 2.75) is 98.2 Å². The van der Waals surface area contributed by atoms with Gasteiger partial charge in [0.15, 0.2) is 0 Å². The predicted octanol–water partition coefficient (Wildman–Crippen LogP) is 8.74. The van der Waals surface area contributed by atoms with Crippen LogP contribution in [0.3, 0.4) is 0 Å². The van der Waals surface area contributed by atoms with Crippen molar-refractivity contribution in [1.29, 1.82) is 0 Å². The maximum Gasteiger partial charge on any atom is 0.123 e. The molecule has 0 aromatic heterocycles. The number of fused-ring (bicyclic) bond motifs is 2. The highest BCUT2D eigenvalue weighted by Gasteiger charge is 2.36. The highest BCUT2D eigenvalue weighted by Crippen LogP contribution is 2.42. The van der Waals surface area contributed by atoms with Gasteiger partial charge in [0.2, 0.25) is 0 Å². The van der Waals surface area contributed by atoms with Crippen LogP contribution >= 0.6 is 0 Å². The van der Waals surface area contributed by atoms with Gasteiger partial charge in [-0.25, -0.2) is 4.39 Å². The highest BCUT2D eigenvalue weighted by atomic mass is 19.1. The molecule has 0 bridgehead atoms. The molecule has 0 atom stereocenters. The molecule has 0 unspecified atom stereocenters. The lowest BCUT2D eigenvalue weighted by Gasteiger charge is -2.38. The molecule has 240 valence electrons. The quantitative estimate of drug-likeness (QED) is 0.297. The van der Waals surface area contributed by atoms with E-state index in [1.54, 1.807) is 12.1 Å². The number of benzene rings is 3. The number of rotatable bonds is 4. The lowest BCUT2D eigenvalue weighted by Crippen LogP contribution is -2.48. The minimum atomic E-state index is -0.132. The van der Waals surface area contributed by atoms with Gasteiger partial charge in [0, 0.05) is 85.3 Å². The van der Waals surface area contributed by atoms with Gasteiger partial charge in [0.25, 0.3) is 0 Å². The zero-order chi connectivity index (χ0) is 32.2. The van der Waals surface area contributed by atoms with E-state index in [1.807, 2.05) is 6.07 Å². The fourth-order valence-electron chi connectivity index (χ4n) is 6.85. The second-order valence-electron chi connectivity index (χ2n) is 14.8. The first kappa shape index (κ1) is 33.8. The highest BCUT2D eigenvalue weighted by molar-refractivity contribution is 5.63. The fraction of sp³-hybridized carbons (Fsp3) is 0.538. The minimum absolute atomic E-state index is 0.0572. The average Bonchev–Trinajstić information content (AvgIpc) is 3.43. The standard InChI is InChI=1S/C13H18FN.C13H20N2.C13H19N/c1-9(2)15-8-13(3,4)11-7-10(14)5-6-12(11)15;1-12(2)14-8-10-15(11-9-14)13-6-4-3-5-7-13;1-10(2)14-9-13(3,4)11-7-5-6-8-12(11)14/h5-7,9H,8H2,1-4H3;3-7,12H,8-11H2,1-2H3;5-8,10H,9H2,1-4H3. The monoisotopic (exact) mass is 600 g/mol. The summed E-state index contributed by atoms with van der Waals surface area (Å²) in [5, 5.41) is 0. The Morgan fingerprint density at radius 2 is 1.07 bits per heavy atom. The van der Waals surface area contributed by atoms with Crippen molar-refractivity contribution in [2.75, 3.05) is 54.0 Å². The van der Waals surface area contributed by atoms with E-state index in [4.69, 9.17) is 0 Å². The van der Waals surface area contributed by atoms with E-state index in [0.29, 0.717) is 23.5 Å². The van der Waals surface area contributed by atoms with Crippen molar-refractivity contribution in [2.24, 2.45) is 0 Å². The molecule has 3 aromatic carbocycles. The molecule has 0 radical (unpaired) electrons. The van der Waals surface area contributed by atoms with Gasteiger partial charge in [0.05, 0.1) is 0 Å². The molecule has 44 heavy (non-hydrogen) atoms. The molecule has 1 saturated heterocycles. The van der Waals surface area contributed by atoms with E-state index in [2.05, 4.69) is 143 Å². The Morgan fingerprint density at radius 3 is 1.61 bits per heavy atom. The first-order valence-electron chi connectivity index (χ1n) is 16.7. The molecule has 0 amide bonds. The summed E-state index contributed by atoms with van der Waals surface area (Å²) in [6.07, 6.45) is 0. The summed E-state index contributed by atoms with van der Waals surface area (Å²) < 4.78 is 13.2. The number of para-hydroxylation sites is 2. The van der Waals surface area contributed by atoms with Crippen LogP contribution in [-0.4, -0.2) is 62.3 Å². The van der Waals surface area contributed by atoms with Crippen molar-refractivity contribution in [3.8, 4) is 0 Å². The number of nitrogens with zero attached hydrogens (tertiary/aromatic N) is 4. The Morgan fingerprint density at radius 1 is 0.568 bits per heavy atom. The normalized spacial score (nSPS) is 18.5. The van der Waals surface area contributed by atoms with E-state index < -0.39 is 0 Å². The van der Waals surface area contributed by atoms with Gasteiger partial charge >= 0.3 is 0 Å². The molecule has 3 aliphatic rings. The molecule has 3 aromatic rings. The van der Waals surface area contributed by atoms with Crippen molar-refractivity contribution in [3.63, 3.8) is 0 Å². The first-order chi connectivity index (χ1) is 20.7. The van der Waals surface area contributed by atoms with E-state index in [0.717, 1.165) is 31.7 Å². The third kappa shape index (κ3) is 7.77. The van der Waals surface area contributed by atoms with Gasteiger partial charge in [0.1, 0.15) is 5.82 Å². The van der Waals surface area contributed by atoms with Crippen LogP contribution in [0.5, 0.6) is 0 Å². The minimum Gasteiger partial charge on any atom is -0.369 e. The van der Waals surface area contributed by atoms with Gasteiger partial charge < -0.3 is 14.7 Å². The summed E-state index contributed by atoms with van der Waals surface area (Å²) in [6.45, 7) is 29.2. The van der Waals surface area contributed by atoms with E-state index in [-0.39, 0.29) is 11.2 Å². The van der Waals surface area contributed by atoms with E-state index in [9.17, 15) is 4.39 Å². The van der Waals surface area contributed by atoms with Gasteiger partial charge in [-0.1, -0.05) is 64.1 Å². The Bertz CT molecular complexity index is 1340. The van der Waals surface area contributed by atoms with Crippen LogP contribution in [0.4, 0.5) is 21.5 Å². The number of hydrogen-bond acceptors (Lipinski definition) is 4. The SMILES string of the molecule is CC(C)N1CC(C)(C)c2cc(F)ccc21.CC(C)N1CC(C)(C)c2ccccc21.CC(C)N1CCN(c2ccccc2)CC1. The molecule has 0 spiro atoms. The molecule has 4 nitrogen and oxygen atoms in total. The van der Waals surface area contributed by atoms with Gasteiger partial charge in [-0.3, -0.25) is 4.90 Å². The van der Waals surface area contributed by atoms with Gasteiger partial charge in [-0.15, -0.1) is 0 Å². The summed E-state index contributed by atoms with van der Waals surface area (Å²) in [6, 6.07) is 26.4. The molecular weight excluding hydrogens is 543 g/mol. The van der Waals surface area contributed by atoms with Crippen LogP contribution in [0.2, 0.25) is 0 Å². The molecule has 1 fully saturated rings. The lowest BCUT2D eigenvalue weighted by molar-refractivity contribution is 0.209. The third-order valence-corrected chi connectivity index (χ3v) is 9.48. The van der Waals surface area contributed by atoms with E-state index >= 15 is 0 Å². The summed E-state index contributed by atoms with van der Waals surface area (Å²) in [4.78, 5) is 9.85. The molecule has 3 aliphatic heterocycles. The van der Waals surface area contributed by atoms with Crippen LogP contribution in [0, 0.1) is 5.82 Å². The Balaban J connectivity index is 0.000000151. The molecule has 5 heteroatoms. The molecule has 0 aliphatic carbocycles. The van der Waals surface area contributed by atoms with Crippen molar-refractivity contribution in [1.82, 2.24) is 4.90 Å². The van der Waals surface area contributed by atoms with Crippen molar-refractivity contribution < 1.29 is 4.39 Å². The maximum atomic E-state index is 13.2. The average molecular weight is 601 g/mol. The third-order valence-electron chi connectivity index (χ3n) is 9.48. The maximum absolute atomic E-state index is 13.2. The number of anilines is 3. The molecular formula is C39H57FN4. The zero-order valence-corrected chi connectivity index (χ0v) is 29.1. The molecule has 0 saturated carbocycles. The van der Waals surface area contributed by atoms with Gasteiger partial charge in [-0.05, 0) is 89.1 Å². The topological polar surface area (TPSA) is 13.0 Å². The van der Waals surface area contributed by atoms with E-state index in [1.165, 1.54) is 35.7 Å². The van der Waals surface area contributed by atoms with Crippen LogP contribution in [-0.2, 0) is 10.8 Å². The van der Waals surface area contributed by atoms with Gasteiger partial charge in [-0.2, -0.15) is 0 Å². The number of halogens is 1.